The molecule has 266 valence electrons. The van der Waals surface area contributed by atoms with Gasteiger partial charge >= 0.3 is 12.1 Å². The second-order valence-electron chi connectivity index (χ2n) is 13.2. The Bertz CT molecular complexity index is 1590. The smallest absolute Gasteiger partial charge is 0.407 e. The highest BCUT2D eigenvalue weighted by Gasteiger charge is 2.26. The van der Waals surface area contributed by atoms with Crippen LogP contribution in [0.15, 0.2) is 36.7 Å². The molecule has 1 aliphatic rings. The fourth-order valence-electron chi connectivity index (χ4n) is 5.83. The quantitative estimate of drug-likeness (QED) is 0.113. The van der Waals surface area contributed by atoms with Crippen LogP contribution in [0, 0.1) is 5.92 Å². The van der Waals surface area contributed by atoms with Crippen LogP contribution in [0.3, 0.4) is 0 Å². The summed E-state index contributed by atoms with van der Waals surface area (Å²) in [4.78, 5) is 46.4. The summed E-state index contributed by atoms with van der Waals surface area (Å²) in [6.45, 7) is 6.11. The van der Waals surface area contributed by atoms with Crippen LogP contribution in [0.25, 0.3) is 10.9 Å². The third-order valence-electron chi connectivity index (χ3n) is 8.23. The van der Waals surface area contributed by atoms with E-state index < -0.39 is 23.7 Å². The summed E-state index contributed by atoms with van der Waals surface area (Å²) in [5.41, 5.74) is 1.58. The van der Waals surface area contributed by atoms with Gasteiger partial charge in [-0.15, -0.1) is 0 Å². The van der Waals surface area contributed by atoms with Crippen molar-refractivity contribution in [2.75, 3.05) is 32.7 Å². The van der Waals surface area contributed by atoms with Gasteiger partial charge in [-0.25, -0.2) is 19.6 Å². The number of carbonyl (C=O) groups is 3. The van der Waals surface area contributed by atoms with Crippen molar-refractivity contribution in [3.63, 3.8) is 0 Å². The van der Waals surface area contributed by atoms with Crippen molar-refractivity contribution in [3.05, 3.63) is 47.2 Å². The number of ether oxygens (including phenoxy) is 4. The lowest BCUT2D eigenvalue weighted by Gasteiger charge is -2.25. The van der Waals surface area contributed by atoms with E-state index in [1.54, 1.807) is 31.4 Å². The molecule has 3 N–H and O–H groups in total. The van der Waals surface area contributed by atoms with Crippen LogP contribution in [0.4, 0.5) is 16.3 Å². The molecule has 0 unspecified atom stereocenters. The van der Waals surface area contributed by atoms with Crippen LogP contribution in [0.2, 0.25) is 5.02 Å². The van der Waals surface area contributed by atoms with Gasteiger partial charge < -0.3 is 34.9 Å². The second kappa shape index (κ2) is 17.9. The van der Waals surface area contributed by atoms with Crippen molar-refractivity contribution in [2.24, 2.45) is 5.92 Å². The third kappa shape index (κ3) is 11.7. The van der Waals surface area contributed by atoms with Crippen LogP contribution >= 0.6 is 11.6 Å². The average Bonchev–Trinajstić information content (AvgIpc) is 3.06. The molecule has 0 radical (unpaired) electrons. The number of carbonyl (C=O) groups excluding carboxylic acids is 3. The maximum Gasteiger partial charge on any atom is 0.407 e. The number of anilines is 2. The van der Waals surface area contributed by atoms with Crippen LogP contribution < -0.4 is 25.4 Å². The molecule has 13 heteroatoms. The SMILES string of the molecule is COC(=O)[C@H](CC1CCCCC1)NC(=O)CCc1ccc(Cl)cc1Nc1ncnc2cc(OC)c(OCCCNC(=O)OC(C)(C)C)cc12. The number of nitrogens with one attached hydrogen (secondary N) is 3. The third-order valence-corrected chi connectivity index (χ3v) is 8.46. The zero-order chi connectivity index (χ0) is 35.4. The molecule has 49 heavy (non-hydrogen) atoms. The number of hydrogen-bond acceptors (Lipinski definition) is 10. The number of esters is 1. The number of benzene rings is 2. The van der Waals surface area contributed by atoms with Gasteiger partial charge in [0, 0.05) is 35.1 Å². The fraction of sp³-hybridized carbons (Fsp3) is 0.528. The Morgan fingerprint density at radius 2 is 1.80 bits per heavy atom. The van der Waals surface area contributed by atoms with E-state index in [9.17, 15) is 14.4 Å². The fourth-order valence-corrected chi connectivity index (χ4v) is 6.00. The van der Waals surface area contributed by atoms with Gasteiger partial charge in [0.25, 0.3) is 0 Å². The van der Waals surface area contributed by atoms with Crippen LogP contribution in [0.5, 0.6) is 11.5 Å². The van der Waals surface area contributed by atoms with E-state index in [1.165, 1.54) is 19.9 Å². The lowest BCUT2D eigenvalue weighted by atomic mass is 9.85. The molecule has 2 aromatic carbocycles. The normalized spacial score (nSPS) is 14.1. The molecule has 0 saturated heterocycles. The van der Waals surface area contributed by atoms with E-state index in [2.05, 4.69) is 25.9 Å². The summed E-state index contributed by atoms with van der Waals surface area (Å²) in [6.07, 6.45) is 8.30. The first-order valence-corrected chi connectivity index (χ1v) is 17.2. The predicted octanol–water partition coefficient (Wildman–Crippen LogP) is 6.89. The largest absolute Gasteiger partial charge is 0.493 e. The van der Waals surface area contributed by atoms with Crippen LogP contribution in [-0.2, 0) is 25.5 Å². The molecule has 1 aliphatic carbocycles. The first-order chi connectivity index (χ1) is 23.5. The van der Waals surface area contributed by atoms with Crippen molar-refractivity contribution in [3.8, 4) is 11.5 Å². The highest BCUT2D eigenvalue weighted by molar-refractivity contribution is 6.30. The maximum atomic E-state index is 13.1. The first kappa shape index (κ1) is 37.5. The molecule has 2 amide bonds. The highest BCUT2D eigenvalue weighted by atomic mass is 35.5. The summed E-state index contributed by atoms with van der Waals surface area (Å²) in [7, 11) is 2.90. The standard InChI is InChI=1S/C36H48ClN5O7/c1-36(2,3)49-35(45)38-16-9-17-48-31-20-26-28(21-30(31)46-4)39-22-40-33(26)42-27-19-25(37)14-12-24(27)13-15-32(43)41-29(34(44)47-5)18-23-10-7-6-8-11-23/h12,14,19-23,29H,6-11,13,15-18H2,1-5H3,(H,38,45)(H,41,43)(H,39,40,42)/t29-/m0/s1. The van der Waals surface area contributed by atoms with Crippen molar-refractivity contribution in [1.82, 2.24) is 20.6 Å². The summed E-state index contributed by atoms with van der Waals surface area (Å²) >= 11 is 6.40. The lowest BCUT2D eigenvalue weighted by molar-refractivity contribution is -0.145. The van der Waals surface area contributed by atoms with Gasteiger partial charge in [-0.1, -0.05) is 49.8 Å². The van der Waals surface area contributed by atoms with Gasteiger partial charge in [-0.05, 0) is 69.7 Å². The van der Waals surface area contributed by atoms with E-state index in [0.29, 0.717) is 77.3 Å². The van der Waals surface area contributed by atoms with E-state index in [4.69, 9.17) is 30.5 Å². The molecule has 1 heterocycles. The Morgan fingerprint density at radius 3 is 2.51 bits per heavy atom. The zero-order valence-corrected chi connectivity index (χ0v) is 29.8. The van der Waals surface area contributed by atoms with E-state index in [1.807, 2.05) is 26.8 Å². The number of rotatable bonds is 15. The van der Waals surface area contributed by atoms with E-state index >= 15 is 0 Å². The van der Waals surface area contributed by atoms with E-state index in [0.717, 1.165) is 31.2 Å². The first-order valence-electron chi connectivity index (χ1n) is 16.8. The lowest BCUT2D eigenvalue weighted by Crippen LogP contribution is -2.43. The molecule has 3 aromatic rings. The number of fused-ring (bicyclic) bond motifs is 1. The molecular weight excluding hydrogens is 650 g/mol. The Kier molecular flexibility index (Phi) is 13.7. The Morgan fingerprint density at radius 1 is 1.02 bits per heavy atom. The second-order valence-corrected chi connectivity index (χ2v) is 13.6. The molecule has 12 nitrogen and oxygen atoms in total. The molecule has 0 spiro atoms. The van der Waals surface area contributed by atoms with Gasteiger partial charge in [0.2, 0.25) is 5.91 Å². The average molecular weight is 698 g/mol. The van der Waals surface area contributed by atoms with Crippen molar-refractivity contribution < 1.29 is 33.3 Å². The van der Waals surface area contributed by atoms with Gasteiger partial charge in [-0.2, -0.15) is 0 Å². The molecule has 1 saturated carbocycles. The number of aromatic nitrogens is 2. The minimum Gasteiger partial charge on any atom is -0.493 e. The number of hydrogen-bond donors (Lipinski definition) is 3. The summed E-state index contributed by atoms with van der Waals surface area (Å²) < 4.78 is 21.9. The summed E-state index contributed by atoms with van der Waals surface area (Å²) in [6, 6.07) is 8.32. The molecule has 1 atom stereocenters. The number of halogens is 1. The Balaban J connectivity index is 1.43. The summed E-state index contributed by atoms with van der Waals surface area (Å²) in [5, 5.41) is 10.2. The predicted molar refractivity (Wildman–Crippen MR) is 189 cm³/mol. The van der Waals surface area contributed by atoms with Gasteiger partial charge in [0.1, 0.15) is 23.8 Å². The van der Waals surface area contributed by atoms with Gasteiger partial charge in [0.05, 0.1) is 26.3 Å². The number of aryl methyl sites for hydroxylation is 1. The molecule has 4 rings (SSSR count). The summed E-state index contributed by atoms with van der Waals surface area (Å²) in [5.74, 6) is 1.26. The monoisotopic (exact) mass is 697 g/mol. The molecule has 1 aromatic heterocycles. The molecule has 0 aliphatic heterocycles. The van der Waals surface area contributed by atoms with Gasteiger partial charge in [-0.3, -0.25) is 4.79 Å². The Hall–Kier alpha value is -4.32. The van der Waals surface area contributed by atoms with Gasteiger partial charge in [0.15, 0.2) is 11.5 Å². The number of methoxy groups -OCH3 is 2. The number of amides is 2. The zero-order valence-electron chi connectivity index (χ0n) is 29.0. The minimum absolute atomic E-state index is 0.164. The van der Waals surface area contributed by atoms with Crippen LogP contribution in [-0.4, -0.2) is 67.0 Å². The van der Waals surface area contributed by atoms with Crippen LogP contribution in [0.1, 0.15) is 77.7 Å². The van der Waals surface area contributed by atoms with Crippen molar-refractivity contribution in [2.45, 2.75) is 90.2 Å². The van der Waals surface area contributed by atoms with Crippen molar-refractivity contribution >= 4 is 52.0 Å². The minimum atomic E-state index is -0.662. The molecule has 0 bridgehead atoms. The van der Waals surface area contributed by atoms with E-state index in [-0.39, 0.29) is 12.3 Å². The maximum absolute atomic E-state index is 13.1. The molecular formula is C36H48ClN5O7. The molecule has 1 fully saturated rings. The number of alkyl carbamates (subject to hydrolysis) is 1. The number of nitrogens with zero attached hydrogens (tertiary/aromatic N) is 2. The highest BCUT2D eigenvalue weighted by Crippen LogP contribution is 2.36. The topological polar surface area (TPSA) is 150 Å². The Labute approximate surface area is 293 Å². The van der Waals surface area contributed by atoms with Crippen molar-refractivity contribution in [1.29, 1.82) is 0 Å².